The molecule has 1 aliphatic heterocycles. The average Bonchev–Trinajstić information content (AvgIpc) is 3.37. The van der Waals surface area contributed by atoms with E-state index in [1.54, 1.807) is 20.8 Å². The second-order valence-corrected chi connectivity index (χ2v) is 11.9. The number of rotatable bonds is 6. The van der Waals surface area contributed by atoms with Gasteiger partial charge >= 0.3 is 6.09 Å². The van der Waals surface area contributed by atoms with Crippen LogP contribution in [0.2, 0.25) is 0 Å². The summed E-state index contributed by atoms with van der Waals surface area (Å²) in [5, 5.41) is 14.0. The van der Waals surface area contributed by atoms with Crippen molar-refractivity contribution >= 4 is 46.7 Å². The maximum Gasteiger partial charge on any atom is 0.413 e. The highest BCUT2D eigenvalue weighted by Gasteiger charge is 2.38. The van der Waals surface area contributed by atoms with Crippen LogP contribution in [0.5, 0.6) is 5.75 Å². The molecule has 0 fully saturated rings. The lowest BCUT2D eigenvalue weighted by Gasteiger charge is -2.23. The van der Waals surface area contributed by atoms with E-state index >= 15 is 0 Å². The number of ketones is 1. The number of thioether (sulfide) groups is 1. The Bertz CT molecular complexity index is 1200. The number of fused-ring (bicyclic) bond motifs is 2. The summed E-state index contributed by atoms with van der Waals surface area (Å²) in [6, 6.07) is 7.53. The molecule has 2 aliphatic rings. The van der Waals surface area contributed by atoms with Crippen molar-refractivity contribution in [3.8, 4) is 5.75 Å². The summed E-state index contributed by atoms with van der Waals surface area (Å²) in [6.07, 6.45) is 3.05. The van der Waals surface area contributed by atoms with Crippen LogP contribution < -0.4 is 15.4 Å². The predicted molar refractivity (Wildman–Crippen MR) is 141 cm³/mol. The van der Waals surface area contributed by atoms with Crippen molar-refractivity contribution in [1.29, 1.82) is 5.41 Å². The smallest absolute Gasteiger partial charge is 0.413 e. The summed E-state index contributed by atoms with van der Waals surface area (Å²) in [4.78, 5) is 38.4. The van der Waals surface area contributed by atoms with Crippen LogP contribution in [0.4, 0.5) is 4.79 Å². The fraction of sp³-hybridized carbons (Fsp3) is 0.462. The molecule has 192 valence electrons. The molecule has 0 saturated carbocycles. The molecule has 2 heterocycles. The molecular weight excluding hydrogens is 498 g/mol. The van der Waals surface area contributed by atoms with Crippen LogP contribution in [0.1, 0.15) is 77.1 Å². The van der Waals surface area contributed by atoms with E-state index in [0.29, 0.717) is 30.0 Å². The first-order valence-corrected chi connectivity index (χ1v) is 14.0. The molecule has 2 unspecified atom stereocenters. The Morgan fingerprint density at radius 2 is 2.00 bits per heavy atom. The Morgan fingerprint density at radius 3 is 2.72 bits per heavy atom. The molecule has 1 aromatic carbocycles. The zero-order valence-corrected chi connectivity index (χ0v) is 22.5. The molecule has 36 heavy (non-hydrogen) atoms. The Kier molecular flexibility index (Phi) is 7.75. The van der Waals surface area contributed by atoms with Crippen molar-refractivity contribution in [2.45, 2.75) is 68.3 Å². The van der Waals surface area contributed by atoms with E-state index in [9.17, 15) is 14.4 Å². The van der Waals surface area contributed by atoms with Gasteiger partial charge in [-0.25, -0.2) is 4.79 Å². The summed E-state index contributed by atoms with van der Waals surface area (Å²) in [6.45, 7) is 5.62. The van der Waals surface area contributed by atoms with Crippen LogP contribution in [0.3, 0.4) is 0 Å². The number of hydrogen-bond acceptors (Lipinski definition) is 8. The molecule has 1 aliphatic carbocycles. The standard InChI is InChI=1S/C26H31N3O5S2/c1-26(2,3)34-25(32)29-22(27)20-15(14-8-5-6-11-18(14)33-20)12-13-28-23(31)21-16-9-7-10-17(30)19(16)24(35-4)36-21/h5-6,8,11,15,20H,7,9-10,12-13H2,1-4H3,(H,28,31)(H2,27,29,32). The van der Waals surface area contributed by atoms with E-state index in [1.807, 2.05) is 30.5 Å². The van der Waals surface area contributed by atoms with E-state index in [-0.39, 0.29) is 23.4 Å². The molecule has 3 N–H and O–H groups in total. The molecule has 1 aromatic heterocycles. The summed E-state index contributed by atoms with van der Waals surface area (Å²) < 4.78 is 12.2. The van der Waals surface area contributed by atoms with Gasteiger partial charge in [-0.05, 0) is 57.9 Å². The van der Waals surface area contributed by atoms with Crippen LogP contribution >= 0.6 is 23.1 Å². The Morgan fingerprint density at radius 1 is 1.25 bits per heavy atom. The number of amidine groups is 1. The van der Waals surface area contributed by atoms with Gasteiger partial charge in [-0.1, -0.05) is 18.2 Å². The molecule has 2 atom stereocenters. The lowest BCUT2D eigenvalue weighted by molar-refractivity contribution is 0.0556. The highest BCUT2D eigenvalue weighted by Crippen LogP contribution is 2.41. The second-order valence-electron chi connectivity index (χ2n) is 9.82. The van der Waals surface area contributed by atoms with Crippen LogP contribution in [-0.4, -0.2) is 48.1 Å². The molecule has 8 nitrogen and oxygen atoms in total. The molecule has 10 heteroatoms. The summed E-state index contributed by atoms with van der Waals surface area (Å²) in [5.74, 6) is 0.271. The lowest BCUT2D eigenvalue weighted by Crippen LogP contribution is -2.44. The minimum Gasteiger partial charge on any atom is -0.482 e. The van der Waals surface area contributed by atoms with Crippen molar-refractivity contribution in [2.24, 2.45) is 0 Å². The highest BCUT2D eigenvalue weighted by atomic mass is 32.2. The van der Waals surface area contributed by atoms with Crippen molar-refractivity contribution in [1.82, 2.24) is 10.6 Å². The largest absolute Gasteiger partial charge is 0.482 e. The minimum atomic E-state index is -0.708. The van der Waals surface area contributed by atoms with Gasteiger partial charge in [-0.2, -0.15) is 0 Å². The lowest BCUT2D eigenvalue weighted by atomic mass is 9.91. The number of para-hydroxylation sites is 1. The van der Waals surface area contributed by atoms with E-state index in [4.69, 9.17) is 14.9 Å². The van der Waals surface area contributed by atoms with Crippen molar-refractivity contribution in [3.63, 3.8) is 0 Å². The van der Waals surface area contributed by atoms with Crippen LogP contribution in [0.15, 0.2) is 28.5 Å². The zero-order valence-electron chi connectivity index (χ0n) is 20.9. The number of carbonyl (C=O) groups excluding carboxylic acids is 3. The van der Waals surface area contributed by atoms with Gasteiger partial charge in [0.1, 0.15) is 17.2 Å². The second kappa shape index (κ2) is 10.6. The van der Waals surface area contributed by atoms with Crippen LogP contribution in [0, 0.1) is 5.41 Å². The fourth-order valence-electron chi connectivity index (χ4n) is 4.59. The maximum atomic E-state index is 13.1. The first kappa shape index (κ1) is 26.2. The van der Waals surface area contributed by atoms with E-state index < -0.39 is 17.8 Å². The van der Waals surface area contributed by atoms with E-state index in [2.05, 4.69) is 10.6 Å². The van der Waals surface area contributed by atoms with Gasteiger partial charge in [-0.3, -0.25) is 20.3 Å². The summed E-state index contributed by atoms with van der Waals surface area (Å²) in [5.41, 5.74) is 1.84. The van der Waals surface area contributed by atoms with Gasteiger partial charge in [0, 0.05) is 30.0 Å². The maximum absolute atomic E-state index is 13.1. The highest BCUT2D eigenvalue weighted by molar-refractivity contribution is 8.00. The predicted octanol–water partition coefficient (Wildman–Crippen LogP) is 5.16. The number of thiophene rings is 1. The Hall–Kier alpha value is -2.85. The molecule has 0 spiro atoms. The molecule has 4 rings (SSSR count). The normalized spacial score (nSPS) is 18.6. The van der Waals surface area contributed by atoms with Gasteiger partial charge in [0.2, 0.25) is 0 Å². The third-order valence-corrected chi connectivity index (χ3v) is 8.43. The first-order chi connectivity index (χ1) is 17.1. The zero-order chi connectivity index (χ0) is 26.0. The van der Waals surface area contributed by atoms with Gasteiger partial charge in [0.05, 0.1) is 9.09 Å². The number of amides is 2. The van der Waals surface area contributed by atoms with Gasteiger partial charge in [-0.15, -0.1) is 23.1 Å². The van der Waals surface area contributed by atoms with E-state index in [0.717, 1.165) is 33.7 Å². The van der Waals surface area contributed by atoms with Gasteiger partial charge in [0.15, 0.2) is 11.9 Å². The van der Waals surface area contributed by atoms with Crippen LogP contribution in [-0.2, 0) is 11.2 Å². The SMILES string of the molecule is CSc1sc(C(=O)NCCC2c3ccccc3OC2C(=N)NC(=O)OC(C)(C)C)c2c1C(=O)CCC2. The third-order valence-electron chi connectivity index (χ3n) is 6.07. The third kappa shape index (κ3) is 5.59. The van der Waals surface area contributed by atoms with E-state index in [1.165, 1.54) is 23.1 Å². The quantitative estimate of drug-likeness (QED) is 0.270. The molecule has 2 aromatic rings. The number of Topliss-reactive ketones (excluding diaryl/α,β-unsaturated/α-hetero) is 1. The van der Waals surface area contributed by atoms with Crippen molar-refractivity contribution < 1.29 is 23.9 Å². The minimum absolute atomic E-state index is 0.0905. The average molecular weight is 530 g/mol. The van der Waals surface area contributed by atoms with Crippen molar-refractivity contribution in [3.05, 3.63) is 45.8 Å². The molecule has 0 bridgehead atoms. The number of ether oxygens (including phenoxy) is 2. The number of alkyl carbamates (subject to hydrolysis) is 1. The first-order valence-electron chi connectivity index (χ1n) is 11.9. The molecule has 0 radical (unpaired) electrons. The number of benzene rings is 1. The monoisotopic (exact) mass is 529 g/mol. The summed E-state index contributed by atoms with van der Waals surface area (Å²) >= 11 is 2.89. The van der Waals surface area contributed by atoms with Crippen LogP contribution in [0.25, 0.3) is 0 Å². The molecular formula is C26H31N3O5S2. The number of hydrogen-bond donors (Lipinski definition) is 3. The Labute approximate surface area is 219 Å². The molecule has 0 saturated heterocycles. The van der Waals surface area contributed by atoms with Crippen molar-refractivity contribution in [2.75, 3.05) is 12.8 Å². The summed E-state index contributed by atoms with van der Waals surface area (Å²) in [7, 11) is 0. The topological polar surface area (TPSA) is 118 Å². The number of carbonyl (C=O) groups is 3. The van der Waals surface area contributed by atoms with Gasteiger partial charge < -0.3 is 14.8 Å². The van der Waals surface area contributed by atoms with Gasteiger partial charge in [0.25, 0.3) is 5.91 Å². The fourth-order valence-corrected chi connectivity index (χ4v) is 6.63. The number of nitrogens with one attached hydrogen (secondary N) is 3. The molecule has 2 amide bonds. The Balaban J connectivity index is 1.44.